The van der Waals surface area contributed by atoms with Crippen molar-refractivity contribution in [2.24, 2.45) is 0 Å². The minimum atomic E-state index is -0.199. The van der Waals surface area contributed by atoms with E-state index in [1.807, 2.05) is 62.6 Å². The van der Waals surface area contributed by atoms with Crippen molar-refractivity contribution in [2.45, 2.75) is 12.6 Å². The zero-order valence-corrected chi connectivity index (χ0v) is 15.8. The first-order chi connectivity index (χ1) is 12.5. The number of urea groups is 1. The van der Waals surface area contributed by atoms with Gasteiger partial charge in [0.25, 0.3) is 0 Å². The monoisotopic (exact) mass is 357 g/mol. The Morgan fingerprint density at radius 1 is 1.00 bits per heavy atom. The number of ether oxygens (including phenoxy) is 2. The van der Waals surface area contributed by atoms with Crippen LogP contribution in [-0.2, 0) is 6.54 Å². The van der Waals surface area contributed by atoms with E-state index < -0.39 is 0 Å². The first kappa shape index (κ1) is 19.6. The normalized spacial score (nSPS) is 11.7. The third-order valence-electron chi connectivity index (χ3n) is 4.17. The highest BCUT2D eigenvalue weighted by Gasteiger charge is 2.15. The Bertz CT molecular complexity index is 702. The highest BCUT2D eigenvalue weighted by molar-refractivity contribution is 5.73. The summed E-state index contributed by atoms with van der Waals surface area (Å²) < 4.78 is 10.4. The Hall–Kier alpha value is -2.73. The Morgan fingerprint density at radius 2 is 1.69 bits per heavy atom. The maximum absolute atomic E-state index is 12.1. The van der Waals surface area contributed by atoms with Gasteiger partial charge in [0.05, 0.1) is 20.3 Å². The van der Waals surface area contributed by atoms with Crippen molar-refractivity contribution in [1.82, 2.24) is 15.5 Å². The number of carbonyl (C=O) groups is 1. The minimum absolute atomic E-state index is 0.0526. The van der Waals surface area contributed by atoms with Crippen LogP contribution in [0.5, 0.6) is 11.5 Å². The summed E-state index contributed by atoms with van der Waals surface area (Å²) in [5.41, 5.74) is 2.10. The second kappa shape index (κ2) is 9.68. The van der Waals surface area contributed by atoms with E-state index in [-0.39, 0.29) is 12.1 Å². The summed E-state index contributed by atoms with van der Waals surface area (Å²) in [6.07, 6.45) is 0. The van der Waals surface area contributed by atoms with Gasteiger partial charge in [-0.25, -0.2) is 4.79 Å². The van der Waals surface area contributed by atoms with Crippen LogP contribution in [0.3, 0.4) is 0 Å². The van der Waals surface area contributed by atoms with Gasteiger partial charge in [-0.15, -0.1) is 0 Å². The molecule has 0 aromatic heterocycles. The van der Waals surface area contributed by atoms with Crippen molar-refractivity contribution in [2.75, 3.05) is 34.9 Å². The Labute approximate surface area is 155 Å². The molecule has 0 spiro atoms. The average Bonchev–Trinajstić information content (AvgIpc) is 2.66. The second-order valence-corrected chi connectivity index (χ2v) is 6.17. The Balaban J connectivity index is 1.88. The lowest BCUT2D eigenvalue weighted by Gasteiger charge is -2.25. The molecule has 1 unspecified atom stereocenters. The van der Waals surface area contributed by atoms with Gasteiger partial charge in [-0.2, -0.15) is 0 Å². The molecule has 1 atom stereocenters. The van der Waals surface area contributed by atoms with Crippen LogP contribution >= 0.6 is 0 Å². The summed E-state index contributed by atoms with van der Waals surface area (Å²) in [6, 6.07) is 15.3. The highest BCUT2D eigenvalue weighted by atomic mass is 16.5. The second-order valence-electron chi connectivity index (χ2n) is 6.17. The zero-order chi connectivity index (χ0) is 18.9. The van der Waals surface area contributed by atoms with E-state index in [4.69, 9.17) is 9.47 Å². The number of amides is 2. The number of nitrogens with one attached hydrogen (secondary N) is 2. The molecule has 6 nitrogen and oxygen atoms in total. The predicted octanol–water partition coefficient (Wildman–Crippen LogP) is 2.81. The van der Waals surface area contributed by atoms with Crippen LogP contribution in [0.4, 0.5) is 4.79 Å². The van der Waals surface area contributed by atoms with Crippen molar-refractivity contribution >= 4 is 6.03 Å². The van der Waals surface area contributed by atoms with Gasteiger partial charge >= 0.3 is 6.03 Å². The molecule has 26 heavy (non-hydrogen) atoms. The number of carbonyl (C=O) groups excluding carboxylic acids is 1. The van der Waals surface area contributed by atoms with Crippen molar-refractivity contribution in [3.05, 3.63) is 59.7 Å². The van der Waals surface area contributed by atoms with Crippen molar-refractivity contribution in [1.29, 1.82) is 0 Å². The Morgan fingerprint density at radius 3 is 2.31 bits per heavy atom. The van der Waals surface area contributed by atoms with Gasteiger partial charge in [-0.1, -0.05) is 24.3 Å². The Kier molecular flexibility index (Phi) is 7.29. The van der Waals surface area contributed by atoms with Crippen LogP contribution in [0, 0.1) is 0 Å². The molecule has 2 rings (SSSR count). The molecule has 0 heterocycles. The van der Waals surface area contributed by atoms with E-state index in [2.05, 4.69) is 15.5 Å². The lowest BCUT2D eigenvalue weighted by Crippen LogP contribution is -2.40. The molecule has 2 N–H and O–H groups in total. The number of likely N-dealkylation sites (N-methyl/N-ethyl adjacent to an activating group) is 1. The van der Waals surface area contributed by atoms with Gasteiger partial charge in [0.2, 0.25) is 0 Å². The fourth-order valence-electron chi connectivity index (χ4n) is 2.62. The molecule has 0 saturated heterocycles. The van der Waals surface area contributed by atoms with Gasteiger partial charge in [-0.05, 0) is 49.5 Å². The van der Waals surface area contributed by atoms with E-state index in [0.717, 1.165) is 22.6 Å². The largest absolute Gasteiger partial charge is 0.497 e. The fourth-order valence-corrected chi connectivity index (χ4v) is 2.62. The van der Waals surface area contributed by atoms with Gasteiger partial charge in [0.1, 0.15) is 11.5 Å². The third-order valence-corrected chi connectivity index (χ3v) is 4.17. The first-order valence-electron chi connectivity index (χ1n) is 8.48. The molecule has 2 amide bonds. The minimum Gasteiger partial charge on any atom is -0.497 e. The number of hydrogen-bond donors (Lipinski definition) is 2. The van der Waals surface area contributed by atoms with Crippen LogP contribution < -0.4 is 20.1 Å². The summed E-state index contributed by atoms with van der Waals surface area (Å²) in [4.78, 5) is 14.2. The molecule has 2 aromatic carbocycles. The van der Waals surface area contributed by atoms with Crippen molar-refractivity contribution in [3.63, 3.8) is 0 Å². The summed E-state index contributed by atoms with van der Waals surface area (Å²) in [6.45, 7) is 0.955. The summed E-state index contributed by atoms with van der Waals surface area (Å²) in [5, 5.41) is 5.81. The summed E-state index contributed by atoms with van der Waals surface area (Å²) in [5.74, 6) is 1.60. The number of benzene rings is 2. The average molecular weight is 357 g/mol. The molecule has 0 aliphatic heterocycles. The maximum Gasteiger partial charge on any atom is 0.315 e. The van der Waals surface area contributed by atoms with Crippen molar-refractivity contribution in [3.8, 4) is 11.5 Å². The van der Waals surface area contributed by atoms with E-state index in [9.17, 15) is 4.79 Å². The van der Waals surface area contributed by atoms with Crippen molar-refractivity contribution < 1.29 is 14.3 Å². The molecule has 6 heteroatoms. The van der Waals surface area contributed by atoms with Crippen LogP contribution in [0.25, 0.3) is 0 Å². The number of rotatable bonds is 8. The topological polar surface area (TPSA) is 62.8 Å². The zero-order valence-electron chi connectivity index (χ0n) is 15.8. The lowest BCUT2D eigenvalue weighted by atomic mass is 10.1. The summed E-state index contributed by atoms with van der Waals surface area (Å²) >= 11 is 0. The molecule has 0 bridgehead atoms. The summed E-state index contributed by atoms with van der Waals surface area (Å²) in [7, 11) is 7.25. The lowest BCUT2D eigenvalue weighted by molar-refractivity contribution is 0.232. The molecular weight excluding hydrogens is 330 g/mol. The number of hydrogen-bond acceptors (Lipinski definition) is 4. The van der Waals surface area contributed by atoms with Crippen LogP contribution in [0.2, 0.25) is 0 Å². The van der Waals surface area contributed by atoms with Gasteiger partial charge < -0.3 is 25.0 Å². The molecule has 0 aliphatic rings. The molecule has 0 aliphatic carbocycles. The standard InChI is InChI=1S/C20H27N3O3/c1-23(2)19(16-6-5-7-18(12-16)26-4)14-22-20(24)21-13-15-8-10-17(25-3)11-9-15/h5-12,19H,13-14H2,1-4H3,(H2,21,22,24). The molecule has 140 valence electrons. The molecule has 2 aromatic rings. The maximum atomic E-state index is 12.1. The molecule has 0 radical (unpaired) electrons. The van der Waals surface area contributed by atoms with Gasteiger partial charge in [-0.3, -0.25) is 0 Å². The van der Waals surface area contributed by atoms with E-state index in [0.29, 0.717) is 13.1 Å². The van der Waals surface area contributed by atoms with E-state index in [1.54, 1.807) is 14.2 Å². The third kappa shape index (κ3) is 5.67. The van der Waals surface area contributed by atoms with E-state index in [1.165, 1.54) is 0 Å². The molecule has 0 saturated carbocycles. The molecule has 0 fully saturated rings. The quantitative estimate of drug-likeness (QED) is 0.763. The number of methoxy groups -OCH3 is 2. The molecular formula is C20H27N3O3. The number of nitrogens with zero attached hydrogens (tertiary/aromatic N) is 1. The van der Waals surface area contributed by atoms with Crippen LogP contribution in [0.15, 0.2) is 48.5 Å². The van der Waals surface area contributed by atoms with Gasteiger partial charge in [0, 0.05) is 13.1 Å². The van der Waals surface area contributed by atoms with Gasteiger partial charge in [0.15, 0.2) is 0 Å². The first-order valence-corrected chi connectivity index (χ1v) is 8.48. The smallest absolute Gasteiger partial charge is 0.315 e. The highest BCUT2D eigenvalue weighted by Crippen LogP contribution is 2.22. The fraction of sp³-hybridized carbons (Fsp3) is 0.350. The predicted molar refractivity (Wildman–Crippen MR) is 103 cm³/mol. The van der Waals surface area contributed by atoms with Crippen LogP contribution in [0.1, 0.15) is 17.2 Å². The van der Waals surface area contributed by atoms with Crippen LogP contribution in [-0.4, -0.2) is 45.8 Å². The SMILES string of the molecule is COc1ccc(CNC(=O)NCC(c2cccc(OC)c2)N(C)C)cc1. The van der Waals surface area contributed by atoms with E-state index >= 15 is 0 Å².